The van der Waals surface area contributed by atoms with Gasteiger partial charge in [0.1, 0.15) is 5.60 Å². The number of carbonyl (C=O) groups excluding carboxylic acids is 5. The first-order valence-corrected chi connectivity index (χ1v) is 30.9. The van der Waals surface area contributed by atoms with Gasteiger partial charge in [-0.3, -0.25) is 28.8 Å². The highest BCUT2D eigenvalue weighted by Gasteiger charge is 2.29. The van der Waals surface area contributed by atoms with Gasteiger partial charge in [0.2, 0.25) is 23.7 Å². The molecule has 0 unspecified atom stereocenters. The van der Waals surface area contributed by atoms with Gasteiger partial charge in [-0.15, -0.1) is 0 Å². The monoisotopic (exact) mass is 1290 g/mol. The topological polar surface area (TPSA) is 377 Å². The van der Waals surface area contributed by atoms with E-state index in [-0.39, 0.29) is 112 Å². The molecule has 3 amide bonds. The van der Waals surface area contributed by atoms with Gasteiger partial charge in [0.15, 0.2) is 22.8 Å². The number of nitrogens with zero attached hydrogens (tertiary/aromatic N) is 6. The highest BCUT2D eigenvalue weighted by molar-refractivity contribution is 5.98. The molecule has 514 valence electrons. The fourth-order valence-electron chi connectivity index (χ4n) is 8.14. The van der Waals surface area contributed by atoms with Crippen molar-refractivity contribution in [1.29, 1.82) is 0 Å². The maximum absolute atomic E-state index is 13.6. The van der Waals surface area contributed by atoms with Gasteiger partial charge in [-0.25, -0.2) is 9.97 Å². The molecule has 1 aromatic carbocycles. The Labute approximate surface area is 533 Å². The molecule has 0 aliphatic rings. The summed E-state index contributed by atoms with van der Waals surface area (Å²) in [6, 6.07) is 6.88. The number of carbonyl (C=O) groups is 6. The number of rotatable bonds is 57. The molecule has 7 N–H and O–H groups in total. The molecule has 0 saturated carbocycles. The van der Waals surface area contributed by atoms with Crippen LogP contribution in [0.4, 0.5) is 17.5 Å². The zero-order chi connectivity index (χ0) is 66.2. The summed E-state index contributed by atoms with van der Waals surface area (Å²) in [7, 11) is 3.48. The number of Topliss-reactive ketones (excluding diaryl/α,β-unsaturated/α-hetero) is 1. The van der Waals surface area contributed by atoms with E-state index in [9.17, 15) is 33.9 Å². The van der Waals surface area contributed by atoms with E-state index in [0.29, 0.717) is 182 Å². The van der Waals surface area contributed by atoms with Crippen LogP contribution in [0, 0.1) is 5.92 Å². The second-order valence-corrected chi connectivity index (χ2v) is 21.5. The lowest BCUT2D eigenvalue weighted by atomic mass is 9.93. The molecule has 0 bridgehead atoms. The maximum atomic E-state index is 13.6. The van der Waals surface area contributed by atoms with Crippen molar-refractivity contribution in [3.8, 4) is 0 Å². The van der Waals surface area contributed by atoms with Crippen molar-refractivity contribution in [2.45, 2.75) is 84.3 Å². The Balaban J connectivity index is 1.18. The summed E-state index contributed by atoms with van der Waals surface area (Å²) in [5, 5.41) is 14.8. The van der Waals surface area contributed by atoms with Crippen molar-refractivity contribution < 1.29 is 95.5 Å². The number of nitrogens with one attached hydrogen (secondary N) is 2. The van der Waals surface area contributed by atoms with Gasteiger partial charge in [0, 0.05) is 77.3 Å². The van der Waals surface area contributed by atoms with Crippen molar-refractivity contribution in [3.63, 3.8) is 0 Å². The molecule has 30 heteroatoms. The van der Waals surface area contributed by atoms with Crippen LogP contribution >= 0.6 is 0 Å². The van der Waals surface area contributed by atoms with E-state index >= 15 is 0 Å². The Hall–Kier alpha value is -6.42. The highest BCUT2D eigenvalue weighted by Crippen LogP contribution is 2.23. The first kappa shape index (κ1) is 78.8. The first-order chi connectivity index (χ1) is 43.9. The smallest absolute Gasteiger partial charge is 0.309 e. The number of carboxylic acids is 1. The lowest BCUT2D eigenvalue weighted by Gasteiger charge is -2.24. The van der Waals surface area contributed by atoms with E-state index in [4.69, 9.17) is 73.0 Å². The molecule has 1 atom stereocenters. The van der Waals surface area contributed by atoms with Crippen LogP contribution in [-0.2, 0) is 92.1 Å². The number of benzene rings is 1. The fourth-order valence-corrected chi connectivity index (χ4v) is 8.14. The van der Waals surface area contributed by atoms with E-state index in [1.54, 1.807) is 58.3 Å². The Bertz CT molecular complexity index is 2500. The van der Waals surface area contributed by atoms with Crippen LogP contribution in [0.15, 0.2) is 30.5 Å². The molecule has 0 fully saturated rings. The molecular formula is C61H100N10O20. The third kappa shape index (κ3) is 39.6. The first-order valence-electron chi connectivity index (χ1n) is 30.9. The van der Waals surface area contributed by atoms with Crippen LogP contribution in [0.1, 0.15) is 88.2 Å². The van der Waals surface area contributed by atoms with E-state index in [1.165, 1.54) is 4.90 Å². The highest BCUT2D eigenvalue weighted by atomic mass is 16.6. The summed E-state index contributed by atoms with van der Waals surface area (Å²) in [6.45, 7) is 16.6. The van der Waals surface area contributed by atoms with Crippen molar-refractivity contribution in [2.24, 2.45) is 5.92 Å². The molecule has 0 saturated heterocycles. The molecular weight excluding hydrogens is 1190 g/mol. The zero-order valence-corrected chi connectivity index (χ0v) is 54.0. The van der Waals surface area contributed by atoms with Crippen LogP contribution in [0.5, 0.6) is 0 Å². The van der Waals surface area contributed by atoms with Gasteiger partial charge < -0.3 is 98.6 Å². The summed E-state index contributed by atoms with van der Waals surface area (Å²) < 4.78 is 70.8. The molecule has 2 aromatic heterocycles. The Morgan fingerprint density at radius 1 is 0.571 bits per heavy atom. The van der Waals surface area contributed by atoms with E-state index < -0.39 is 23.5 Å². The number of anilines is 3. The summed E-state index contributed by atoms with van der Waals surface area (Å²) in [6.07, 6.45) is 1.69. The van der Waals surface area contributed by atoms with Crippen LogP contribution in [-0.4, -0.2) is 263 Å². The van der Waals surface area contributed by atoms with Gasteiger partial charge in [-0.1, -0.05) is 0 Å². The second-order valence-electron chi connectivity index (χ2n) is 21.5. The van der Waals surface area contributed by atoms with Gasteiger partial charge in [0.05, 0.1) is 183 Å². The maximum Gasteiger partial charge on any atom is 0.309 e. The fraction of sp³-hybridized carbons (Fsp3) is 0.705. The number of aliphatic carboxylic acids is 1. The lowest BCUT2D eigenvalue weighted by molar-refractivity contribution is -0.160. The standard InChI is InChI=1S/C61H100N10O20/c1-61(2,3)91-59(78)48(44-51(72)47-8-11-50(12-9-47)70(4)46-49-45-66-58-56(67-49)57(62)68-60(63)69-58)10-13-52(73)64-17-6-19-71(54(75)14-15-55(76)77)20-7-18-65-53(74)16-21-80-24-25-82-28-29-84-32-33-86-36-37-88-40-41-90-43-42-89-39-38-87-35-34-85-31-30-83-27-26-81-23-22-79-5/h8-9,11-12,45,48H,6-7,10,13-44,46H2,1-5H3,(H,64,73)(H,65,74)(H,76,77)(H4,62,63,66,68,69)/t48-/m0/s1. The van der Waals surface area contributed by atoms with E-state index in [0.717, 1.165) is 5.69 Å². The Morgan fingerprint density at radius 2 is 1.01 bits per heavy atom. The van der Waals surface area contributed by atoms with Gasteiger partial charge in [-0.05, 0) is 64.3 Å². The number of nitrogen functional groups attached to an aromatic ring is 2. The summed E-state index contributed by atoms with van der Waals surface area (Å²) >= 11 is 0. The normalized spacial score (nSPS) is 11.8. The summed E-state index contributed by atoms with van der Waals surface area (Å²) in [4.78, 5) is 97.0. The molecule has 3 rings (SSSR count). The SMILES string of the molecule is COCCOCCOCCOCCOCCOCCOCCOCCOCCOCCOCCOCCC(=O)NCCCN(CCCNC(=O)CC[C@@H](CC(=O)c1ccc(N(C)Cc2cnc3nc(N)nc(N)c3n2)cc1)C(=O)OC(C)(C)C)C(=O)CCC(=O)O. The van der Waals surface area contributed by atoms with E-state index in [1.807, 2.05) is 11.9 Å². The van der Waals surface area contributed by atoms with Crippen LogP contribution in [0.25, 0.3) is 11.2 Å². The van der Waals surface area contributed by atoms with Crippen LogP contribution in [0.3, 0.4) is 0 Å². The number of carboxylic acid groups (broad SMARTS) is 1. The third-order valence-corrected chi connectivity index (χ3v) is 12.8. The minimum absolute atomic E-state index is 0.0000229. The number of hydrogen-bond donors (Lipinski definition) is 5. The third-order valence-electron chi connectivity index (χ3n) is 12.8. The molecule has 0 radical (unpaired) electrons. The number of hydrogen-bond acceptors (Lipinski definition) is 26. The molecule has 2 heterocycles. The number of ether oxygens (including phenoxy) is 13. The summed E-state index contributed by atoms with van der Waals surface area (Å²) in [5.74, 6) is -3.75. The second kappa shape index (κ2) is 49.2. The van der Waals surface area contributed by atoms with Crippen LogP contribution in [0.2, 0.25) is 0 Å². The molecule has 0 aliphatic carbocycles. The average Bonchev–Trinajstić information content (AvgIpc) is 2.35. The van der Waals surface area contributed by atoms with Crippen LogP contribution < -0.4 is 27.0 Å². The molecule has 91 heavy (non-hydrogen) atoms. The number of aromatic nitrogens is 4. The number of esters is 1. The lowest BCUT2D eigenvalue weighted by Crippen LogP contribution is -2.37. The molecule has 0 spiro atoms. The number of methoxy groups -OCH3 is 1. The molecule has 30 nitrogen and oxygen atoms in total. The average molecular weight is 1290 g/mol. The zero-order valence-electron chi connectivity index (χ0n) is 54.0. The predicted molar refractivity (Wildman–Crippen MR) is 334 cm³/mol. The minimum Gasteiger partial charge on any atom is -0.481 e. The largest absolute Gasteiger partial charge is 0.481 e. The van der Waals surface area contributed by atoms with Gasteiger partial charge in [0.25, 0.3) is 0 Å². The Kier molecular flexibility index (Phi) is 42.7. The van der Waals surface area contributed by atoms with Gasteiger partial charge in [-0.2, -0.15) is 9.97 Å². The van der Waals surface area contributed by atoms with Crippen molar-refractivity contribution in [1.82, 2.24) is 35.5 Å². The minimum atomic E-state index is -1.11. The quantitative estimate of drug-likeness (QED) is 0.0308. The van der Waals surface area contributed by atoms with Crippen molar-refractivity contribution in [3.05, 3.63) is 41.7 Å². The van der Waals surface area contributed by atoms with Crippen molar-refractivity contribution >= 4 is 64.1 Å². The number of ketones is 1. The number of amides is 3. The number of fused-ring (bicyclic) bond motifs is 1. The molecule has 3 aromatic rings. The molecule has 0 aliphatic heterocycles. The predicted octanol–water partition coefficient (Wildman–Crippen LogP) is 2.46. The Morgan fingerprint density at radius 3 is 1.45 bits per heavy atom. The van der Waals surface area contributed by atoms with Crippen molar-refractivity contribution in [2.75, 3.05) is 209 Å². The summed E-state index contributed by atoms with van der Waals surface area (Å²) in [5.41, 5.74) is 13.2. The number of nitrogens with two attached hydrogens (primary N) is 2. The van der Waals surface area contributed by atoms with Gasteiger partial charge >= 0.3 is 11.9 Å². The van der Waals surface area contributed by atoms with E-state index in [2.05, 4.69) is 30.6 Å².